The standard InChI is InChI=1S/C13H24N4/c1-4-11(5-6-14)8-15-13-7-12(10(2)3)16-9-17-13/h7,9-11H,4-6,8,14H2,1-3H3,(H,15,16,17). The smallest absolute Gasteiger partial charge is 0.129 e. The average Bonchev–Trinajstić information content (AvgIpc) is 2.34. The summed E-state index contributed by atoms with van der Waals surface area (Å²) in [6.45, 7) is 8.15. The van der Waals surface area contributed by atoms with Crippen molar-refractivity contribution in [2.24, 2.45) is 11.7 Å². The predicted molar refractivity (Wildman–Crippen MR) is 72.1 cm³/mol. The van der Waals surface area contributed by atoms with Gasteiger partial charge in [-0.1, -0.05) is 27.2 Å². The lowest BCUT2D eigenvalue weighted by atomic mass is 10.0. The minimum atomic E-state index is 0.435. The van der Waals surface area contributed by atoms with E-state index in [1.807, 2.05) is 6.07 Å². The van der Waals surface area contributed by atoms with Gasteiger partial charge in [-0.25, -0.2) is 9.97 Å². The van der Waals surface area contributed by atoms with Crippen LogP contribution in [-0.4, -0.2) is 23.1 Å². The zero-order chi connectivity index (χ0) is 12.7. The number of nitrogens with two attached hydrogens (primary N) is 1. The minimum Gasteiger partial charge on any atom is -0.370 e. The molecule has 0 bridgehead atoms. The molecule has 0 saturated carbocycles. The first kappa shape index (κ1) is 13.9. The van der Waals surface area contributed by atoms with Crippen LogP contribution in [-0.2, 0) is 0 Å². The molecular weight excluding hydrogens is 212 g/mol. The third-order valence-corrected chi connectivity index (χ3v) is 3.00. The molecule has 0 radical (unpaired) electrons. The summed E-state index contributed by atoms with van der Waals surface area (Å²) in [5, 5.41) is 3.37. The molecule has 1 unspecified atom stereocenters. The summed E-state index contributed by atoms with van der Waals surface area (Å²) < 4.78 is 0. The second-order valence-corrected chi connectivity index (χ2v) is 4.72. The third-order valence-electron chi connectivity index (χ3n) is 3.00. The Hall–Kier alpha value is -1.16. The SMILES string of the molecule is CCC(CCN)CNc1cc(C(C)C)ncn1. The van der Waals surface area contributed by atoms with E-state index in [9.17, 15) is 0 Å². The minimum absolute atomic E-state index is 0.435. The fraction of sp³-hybridized carbons (Fsp3) is 0.692. The van der Waals surface area contributed by atoms with Crippen LogP contribution in [0.15, 0.2) is 12.4 Å². The first-order chi connectivity index (χ1) is 8.17. The highest BCUT2D eigenvalue weighted by Gasteiger charge is 2.07. The monoisotopic (exact) mass is 236 g/mol. The van der Waals surface area contributed by atoms with Crippen molar-refractivity contribution in [3.63, 3.8) is 0 Å². The maximum atomic E-state index is 5.58. The van der Waals surface area contributed by atoms with E-state index in [1.54, 1.807) is 6.33 Å². The van der Waals surface area contributed by atoms with Crippen molar-refractivity contribution in [3.05, 3.63) is 18.1 Å². The molecule has 96 valence electrons. The van der Waals surface area contributed by atoms with Gasteiger partial charge in [0.2, 0.25) is 0 Å². The highest BCUT2D eigenvalue weighted by molar-refractivity contribution is 5.35. The molecule has 0 spiro atoms. The van der Waals surface area contributed by atoms with Crippen LogP contribution in [0.5, 0.6) is 0 Å². The molecule has 0 aliphatic carbocycles. The van der Waals surface area contributed by atoms with Gasteiger partial charge in [-0.2, -0.15) is 0 Å². The van der Waals surface area contributed by atoms with Gasteiger partial charge in [0.1, 0.15) is 12.1 Å². The molecule has 4 heteroatoms. The van der Waals surface area contributed by atoms with Gasteiger partial charge >= 0.3 is 0 Å². The van der Waals surface area contributed by atoms with Crippen molar-refractivity contribution < 1.29 is 0 Å². The van der Waals surface area contributed by atoms with Gasteiger partial charge in [0.15, 0.2) is 0 Å². The highest BCUT2D eigenvalue weighted by atomic mass is 15.0. The largest absolute Gasteiger partial charge is 0.370 e. The summed E-state index contributed by atoms with van der Waals surface area (Å²) in [4.78, 5) is 8.49. The van der Waals surface area contributed by atoms with Crippen LogP contribution in [0.2, 0.25) is 0 Å². The fourth-order valence-electron chi connectivity index (χ4n) is 1.72. The first-order valence-electron chi connectivity index (χ1n) is 6.43. The molecule has 0 amide bonds. The van der Waals surface area contributed by atoms with Crippen molar-refractivity contribution in [2.45, 2.75) is 39.5 Å². The van der Waals surface area contributed by atoms with E-state index < -0.39 is 0 Å². The van der Waals surface area contributed by atoms with E-state index in [1.165, 1.54) is 0 Å². The summed E-state index contributed by atoms with van der Waals surface area (Å²) in [5.41, 5.74) is 6.66. The second-order valence-electron chi connectivity index (χ2n) is 4.72. The van der Waals surface area contributed by atoms with Crippen LogP contribution in [0.4, 0.5) is 5.82 Å². The van der Waals surface area contributed by atoms with Gasteiger partial charge in [0, 0.05) is 18.3 Å². The van der Waals surface area contributed by atoms with Crippen molar-refractivity contribution in [2.75, 3.05) is 18.4 Å². The Balaban J connectivity index is 2.53. The van der Waals surface area contributed by atoms with Crippen LogP contribution in [0, 0.1) is 5.92 Å². The lowest BCUT2D eigenvalue weighted by molar-refractivity contribution is 0.501. The van der Waals surface area contributed by atoms with Crippen molar-refractivity contribution in [1.82, 2.24) is 9.97 Å². The highest BCUT2D eigenvalue weighted by Crippen LogP contribution is 2.14. The van der Waals surface area contributed by atoms with Gasteiger partial charge in [-0.15, -0.1) is 0 Å². The molecular formula is C13H24N4. The van der Waals surface area contributed by atoms with Gasteiger partial charge in [0.05, 0.1) is 0 Å². The van der Waals surface area contributed by atoms with Crippen molar-refractivity contribution >= 4 is 5.82 Å². The quantitative estimate of drug-likeness (QED) is 0.763. The average molecular weight is 236 g/mol. The molecule has 0 aliphatic heterocycles. The number of aromatic nitrogens is 2. The number of nitrogens with zero attached hydrogens (tertiary/aromatic N) is 2. The van der Waals surface area contributed by atoms with E-state index >= 15 is 0 Å². The van der Waals surface area contributed by atoms with E-state index in [4.69, 9.17) is 5.73 Å². The van der Waals surface area contributed by atoms with Crippen LogP contribution in [0.1, 0.15) is 45.2 Å². The van der Waals surface area contributed by atoms with E-state index in [2.05, 4.69) is 36.1 Å². The number of hydrogen-bond donors (Lipinski definition) is 2. The van der Waals surface area contributed by atoms with E-state index in [0.717, 1.165) is 37.4 Å². The molecule has 0 aliphatic rings. The molecule has 1 heterocycles. The zero-order valence-corrected chi connectivity index (χ0v) is 11.1. The lowest BCUT2D eigenvalue weighted by Crippen LogP contribution is -2.18. The molecule has 1 aromatic rings. The van der Waals surface area contributed by atoms with Gasteiger partial charge in [0.25, 0.3) is 0 Å². The Kier molecular flexibility index (Phi) is 5.91. The Labute approximate surface area is 104 Å². The Morgan fingerprint density at radius 3 is 2.71 bits per heavy atom. The van der Waals surface area contributed by atoms with E-state index in [0.29, 0.717) is 11.8 Å². The summed E-state index contributed by atoms with van der Waals surface area (Å²) in [5.74, 6) is 1.97. The molecule has 0 fully saturated rings. The summed E-state index contributed by atoms with van der Waals surface area (Å²) in [6.07, 6.45) is 3.83. The Morgan fingerprint density at radius 1 is 1.35 bits per heavy atom. The fourth-order valence-corrected chi connectivity index (χ4v) is 1.72. The maximum absolute atomic E-state index is 5.58. The topological polar surface area (TPSA) is 63.8 Å². The number of anilines is 1. The van der Waals surface area contributed by atoms with Crippen molar-refractivity contribution in [3.8, 4) is 0 Å². The lowest BCUT2D eigenvalue weighted by Gasteiger charge is -2.15. The number of hydrogen-bond acceptors (Lipinski definition) is 4. The Bertz CT molecular complexity index is 325. The van der Waals surface area contributed by atoms with Crippen molar-refractivity contribution in [1.29, 1.82) is 0 Å². The molecule has 3 N–H and O–H groups in total. The molecule has 1 aromatic heterocycles. The predicted octanol–water partition coefficient (Wildman–Crippen LogP) is 2.39. The number of rotatable bonds is 7. The Morgan fingerprint density at radius 2 is 2.12 bits per heavy atom. The molecule has 0 aromatic carbocycles. The third kappa shape index (κ3) is 4.69. The summed E-state index contributed by atoms with van der Waals surface area (Å²) >= 11 is 0. The van der Waals surface area contributed by atoms with Crippen LogP contribution in [0.3, 0.4) is 0 Å². The molecule has 1 atom stereocenters. The molecule has 4 nitrogen and oxygen atoms in total. The van der Waals surface area contributed by atoms with E-state index in [-0.39, 0.29) is 0 Å². The number of nitrogens with one attached hydrogen (secondary N) is 1. The second kappa shape index (κ2) is 7.22. The van der Waals surface area contributed by atoms with Crippen LogP contribution < -0.4 is 11.1 Å². The van der Waals surface area contributed by atoms with Crippen LogP contribution in [0.25, 0.3) is 0 Å². The summed E-state index contributed by atoms with van der Waals surface area (Å²) in [6, 6.07) is 2.03. The van der Waals surface area contributed by atoms with Crippen LogP contribution >= 0.6 is 0 Å². The maximum Gasteiger partial charge on any atom is 0.129 e. The van der Waals surface area contributed by atoms with Gasteiger partial charge in [-0.05, 0) is 24.8 Å². The summed E-state index contributed by atoms with van der Waals surface area (Å²) in [7, 11) is 0. The zero-order valence-electron chi connectivity index (χ0n) is 11.1. The van der Waals surface area contributed by atoms with Gasteiger partial charge in [-0.3, -0.25) is 0 Å². The molecule has 1 rings (SSSR count). The normalized spacial score (nSPS) is 12.8. The van der Waals surface area contributed by atoms with Gasteiger partial charge < -0.3 is 11.1 Å². The molecule has 0 saturated heterocycles. The molecule has 17 heavy (non-hydrogen) atoms. The first-order valence-corrected chi connectivity index (χ1v) is 6.43.